The molecule has 7 heteroatoms. The Morgan fingerprint density at radius 3 is 2.69 bits per heavy atom. The predicted octanol–water partition coefficient (Wildman–Crippen LogP) is 2.62. The molecule has 2 heterocycles. The van der Waals surface area contributed by atoms with Gasteiger partial charge in [-0.15, -0.1) is 0 Å². The molecule has 0 unspecified atom stereocenters. The average molecular weight is 389 g/mol. The van der Waals surface area contributed by atoms with E-state index in [1.165, 1.54) is 0 Å². The highest BCUT2D eigenvalue weighted by Crippen LogP contribution is 2.18. The van der Waals surface area contributed by atoms with Crippen LogP contribution in [0.2, 0.25) is 0 Å². The number of benzene rings is 1. The zero-order valence-corrected chi connectivity index (χ0v) is 16.5. The van der Waals surface area contributed by atoms with Crippen molar-refractivity contribution in [3.05, 3.63) is 86.9 Å². The summed E-state index contributed by atoms with van der Waals surface area (Å²) in [5.74, 6) is 0.694. The summed E-state index contributed by atoms with van der Waals surface area (Å²) in [5, 5.41) is 12.3. The van der Waals surface area contributed by atoms with Gasteiger partial charge in [0.15, 0.2) is 0 Å². The fraction of sp³-hybridized carbons (Fsp3) is 0.273. The number of amides is 1. The highest BCUT2D eigenvalue weighted by molar-refractivity contribution is 5.77. The van der Waals surface area contributed by atoms with Gasteiger partial charge in [0.2, 0.25) is 5.91 Å². The lowest BCUT2D eigenvalue weighted by Gasteiger charge is -2.19. The fourth-order valence-corrected chi connectivity index (χ4v) is 3.47. The Bertz CT molecular complexity index is 1080. The number of nitriles is 1. The molecule has 1 amide bonds. The van der Waals surface area contributed by atoms with E-state index in [-0.39, 0.29) is 23.9 Å². The van der Waals surface area contributed by atoms with E-state index in [0.29, 0.717) is 24.1 Å². The number of nitrogens with one attached hydrogen (secondary N) is 3. The Kier molecular flexibility index (Phi) is 6.25. The molecule has 0 aliphatic carbocycles. The van der Waals surface area contributed by atoms with Gasteiger partial charge in [-0.05, 0) is 37.0 Å². The third-order valence-corrected chi connectivity index (χ3v) is 5.01. The van der Waals surface area contributed by atoms with Gasteiger partial charge in [-0.3, -0.25) is 9.59 Å². The molecule has 1 aromatic carbocycles. The van der Waals surface area contributed by atoms with Gasteiger partial charge in [0.1, 0.15) is 17.5 Å². The first-order valence-corrected chi connectivity index (χ1v) is 9.44. The normalized spacial score (nSPS) is 11.6. The van der Waals surface area contributed by atoms with Crippen molar-refractivity contribution in [1.29, 1.82) is 5.26 Å². The van der Waals surface area contributed by atoms with Crippen molar-refractivity contribution in [2.24, 2.45) is 0 Å². The molecule has 0 fully saturated rings. The Balaban J connectivity index is 1.73. The molecular formula is C22H23N5O2. The van der Waals surface area contributed by atoms with Crippen LogP contribution in [0.15, 0.2) is 47.5 Å². The van der Waals surface area contributed by atoms with Gasteiger partial charge in [-0.1, -0.05) is 30.3 Å². The minimum atomic E-state index is -0.390. The molecule has 29 heavy (non-hydrogen) atoms. The van der Waals surface area contributed by atoms with Crippen molar-refractivity contribution < 1.29 is 4.79 Å². The highest BCUT2D eigenvalue weighted by Gasteiger charge is 2.18. The SMILES string of the molecule is Cc1[nH]c(=O)c(C#N)c(C)c1CCC(=O)N[C@@H](Cc1ncc[nH]1)c1ccccc1. The molecule has 0 saturated carbocycles. The van der Waals surface area contributed by atoms with Gasteiger partial charge in [0.05, 0.1) is 6.04 Å². The summed E-state index contributed by atoms with van der Waals surface area (Å²) in [5.41, 5.74) is 2.87. The third-order valence-electron chi connectivity index (χ3n) is 5.01. The van der Waals surface area contributed by atoms with Crippen LogP contribution in [0.3, 0.4) is 0 Å². The van der Waals surface area contributed by atoms with Crippen molar-refractivity contribution in [2.45, 2.75) is 39.2 Å². The Labute approximate surface area is 168 Å². The zero-order chi connectivity index (χ0) is 20.8. The molecule has 0 radical (unpaired) electrons. The number of carbonyl (C=O) groups excluding carboxylic acids is 1. The van der Waals surface area contributed by atoms with Crippen LogP contribution < -0.4 is 10.9 Å². The molecule has 148 valence electrons. The van der Waals surface area contributed by atoms with Gasteiger partial charge in [0.25, 0.3) is 5.56 Å². The molecule has 0 saturated heterocycles. The lowest BCUT2D eigenvalue weighted by molar-refractivity contribution is -0.121. The Morgan fingerprint density at radius 2 is 2.03 bits per heavy atom. The quantitative estimate of drug-likeness (QED) is 0.576. The maximum Gasteiger partial charge on any atom is 0.266 e. The van der Waals surface area contributed by atoms with E-state index in [9.17, 15) is 14.9 Å². The van der Waals surface area contributed by atoms with E-state index in [2.05, 4.69) is 20.3 Å². The number of aromatic amines is 2. The van der Waals surface area contributed by atoms with Crippen LogP contribution in [0.4, 0.5) is 0 Å². The molecule has 0 spiro atoms. The first-order valence-electron chi connectivity index (χ1n) is 9.44. The van der Waals surface area contributed by atoms with Crippen molar-refractivity contribution in [3.8, 4) is 6.07 Å². The minimum Gasteiger partial charge on any atom is -0.349 e. The van der Waals surface area contributed by atoms with Crippen LogP contribution in [0, 0.1) is 25.2 Å². The van der Waals surface area contributed by atoms with Crippen molar-refractivity contribution in [1.82, 2.24) is 20.3 Å². The number of aromatic nitrogens is 3. The summed E-state index contributed by atoms with van der Waals surface area (Å²) in [6, 6.07) is 11.5. The molecule has 2 aromatic heterocycles. The minimum absolute atomic E-state index is 0.103. The predicted molar refractivity (Wildman–Crippen MR) is 109 cm³/mol. The second-order valence-electron chi connectivity index (χ2n) is 6.94. The third kappa shape index (κ3) is 4.79. The molecule has 1 atom stereocenters. The zero-order valence-electron chi connectivity index (χ0n) is 16.5. The maximum atomic E-state index is 12.7. The summed E-state index contributed by atoms with van der Waals surface area (Å²) in [7, 11) is 0. The summed E-state index contributed by atoms with van der Waals surface area (Å²) in [4.78, 5) is 34.6. The van der Waals surface area contributed by atoms with Crippen LogP contribution in [-0.2, 0) is 17.6 Å². The first-order chi connectivity index (χ1) is 14.0. The van der Waals surface area contributed by atoms with Gasteiger partial charge in [-0.2, -0.15) is 5.26 Å². The Morgan fingerprint density at radius 1 is 1.28 bits per heavy atom. The largest absolute Gasteiger partial charge is 0.349 e. The van der Waals surface area contributed by atoms with Gasteiger partial charge >= 0.3 is 0 Å². The summed E-state index contributed by atoms with van der Waals surface area (Å²) in [6.07, 6.45) is 4.69. The van der Waals surface area contributed by atoms with Crippen LogP contribution in [0.25, 0.3) is 0 Å². The van der Waals surface area contributed by atoms with Crippen LogP contribution in [-0.4, -0.2) is 20.9 Å². The van der Waals surface area contributed by atoms with E-state index in [4.69, 9.17) is 0 Å². The number of H-pyrrole nitrogens is 2. The molecule has 0 aliphatic rings. The van der Waals surface area contributed by atoms with Crippen molar-refractivity contribution in [2.75, 3.05) is 0 Å². The number of rotatable bonds is 7. The number of pyridine rings is 1. The van der Waals surface area contributed by atoms with E-state index in [1.54, 1.807) is 26.2 Å². The van der Waals surface area contributed by atoms with Gasteiger partial charge < -0.3 is 15.3 Å². The second-order valence-corrected chi connectivity index (χ2v) is 6.94. The number of imidazole rings is 1. The van der Waals surface area contributed by atoms with Crippen molar-refractivity contribution in [3.63, 3.8) is 0 Å². The number of hydrogen-bond donors (Lipinski definition) is 3. The number of aryl methyl sites for hydroxylation is 1. The summed E-state index contributed by atoms with van der Waals surface area (Å²) < 4.78 is 0. The standard InChI is InChI=1S/C22H23N5O2/c1-14-17(15(2)26-22(29)18(14)13-23)8-9-21(28)27-19(12-20-24-10-11-25-20)16-6-4-3-5-7-16/h3-7,10-11,19H,8-9,12H2,1-2H3,(H,24,25)(H,26,29)(H,27,28)/t19-/m0/s1. The van der Waals surface area contributed by atoms with E-state index < -0.39 is 5.56 Å². The second kappa shape index (κ2) is 9.02. The molecule has 3 rings (SSSR count). The van der Waals surface area contributed by atoms with Crippen LogP contribution in [0.5, 0.6) is 0 Å². The lowest BCUT2D eigenvalue weighted by Crippen LogP contribution is -2.30. The topological polar surface area (TPSA) is 114 Å². The molecule has 0 aliphatic heterocycles. The van der Waals surface area contributed by atoms with Crippen molar-refractivity contribution >= 4 is 5.91 Å². The van der Waals surface area contributed by atoms with Gasteiger partial charge in [0, 0.05) is 30.9 Å². The number of hydrogen-bond acceptors (Lipinski definition) is 4. The van der Waals surface area contributed by atoms with E-state index >= 15 is 0 Å². The monoisotopic (exact) mass is 389 g/mol. The van der Waals surface area contributed by atoms with E-state index in [1.807, 2.05) is 36.4 Å². The summed E-state index contributed by atoms with van der Waals surface area (Å²) >= 11 is 0. The van der Waals surface area contributed by atoms with Crippen LogP contribution >= 0.6 is 0 Å². The summed E-state index contributed by atoms with van der Waals surface area (Å²) in [6.45, 7) is 3.53. The first kappa shape index (κ1) is 20.1. The Hall–Kier alpha value is -3.66. The molecule has 3 N–H and O–H groups in total. The molecule has 3 aromatic rings. The fourth-order valence-electron chi connectivity index (χ4n) is 3.47. The number of nitrogens with zero attached hydrogens (tertiary/aromatic N) is 2. The highest BCUT2D eigenvalue weighted by atomic mass is 16.1. The average Bonchev–Trinajstić information content (AvgIpc) is 3.21. The number of carbonyl (C=O) groups is 1. The maximum absolute atomic E-state index is 12.7. The lowest BCUT2D eigenvalue weighted by atomic mass is 9.98. The molecule has 7 nitrogen and oxygen atoms in total. The smallest absolute Gasteiger partial charge is 0.266 e. The van der Waals surface area contributed by atoms with E-state index in [0.717, 1.165) is 17.0 Å². The molecule has 0 bridgehead atoms. The molecular weight excluding hydrogens is 366 g/mol. The van der Waals surface area contributed by atoms with Crippen LogP contribution in [0.1, 0.15) is 46.2 Å². The van der Waals surface area contributed by atoms with Gasteiger partial charge in [-0.25, -0.2) is 4.98 Å².